The highest BCUT2D eigenvalue weighted by Gasteiger charge is 2.14. The molecule has 3 rings (SSSR count). The minimum absolute atomic E-state index is 0.760. The first-order chi connectivity index (χ1) is 10.8. The molecule has 0 atom stereocenters. The Hall–Kier alpha value is -2.06. The van der Waals surface area contributed by atoms with Crippen molar-refractivity contribution in [2.45, 2.75) is 19.8 Å². The number of benzene rings is 2. The van der Waals surface area contributed by atoms with Crippen LogP contribution in [0.15, 0.2) is 54.6 Å². The molecule has 0 radical (unpaired) electrons. The van der Waals surface area contributed by atoms with Crippen LogP contribution in [0.25, 0.3) is 22.0 Å². The van der Waals surface area contributed by atoms with Crippen molar-refractivity contribution in [3.63, 3.8) is 0 Å². The number of halogens is 1. The first-order valence-electron chi connectivity index (χ1n) is 7.68. The Morgan fingerprint density at radius 1 is 1.00 bits per heavy atom. The normalized spacial score (nSPS) is 10.8. The van der Waals surface area contributed by atoms with E-state index < -0.39 is 0 Å². The number of nitrogens with zero attached hydrogens (tertiary/aromatic N) is 1. The summed E-state index contributed by atoms with van der Waals surface area (Å²) in [4.78, 5) is 4.79. The summed E-state index contributed by atoms with van der Waals surface area (Å²) in [5, 5.41) is 5.20. The number of anilines is 1. The summed E-state index contributed by atoms with van der Waals surface area (Å²) in [5.74, 6) is 0.864. The molecule has 0 aliphatic rings. The van der Waals surface area contributed by atoms with Gasteiger partial charge in [-0.1, -0.05) is 73.5 Å². The van der Waals surface area contributed by atoms with Gasteiger partial charge in [-0.05, 0) is 18.1 Å². The molecule has 0 amide bonds. The van der Waals surface area contributed by atoms with Crippen LogP contribution in [0.5, 0.6) is 0 Å². The van der Waals surface area contributed by atoms with Crippen molar-refractivity contribution in [2.75, 3.05) is 11.9 Å². The average Bonchev–Trinajstić information content (AvgIpc) is 2.56. The van der Waals surface area contributed by atoms with Gasteiger partial charge in [0.1, 0.15) is 5.82 Å². The Bertz CT molecular complexity index is 769. The van der Waals surface area contributed by atoms with Gasteiger partial charge in [0.2, 0.25) is 0 Å². The van der Waals surface area contributed by atoms with E-state index in [2.05, 4.69) is 24.4 Å². The molecule has 2 nitrogen and oxygen atoms in total. The van der Waals surface area contributed by atoms with Crippen LogP contribution < -0.4 is 5.32 Å². The number of pyridine rings is 1. The van der Waals surface area contributed by atoms with Gasteiger partial charge in [0.05, 0.1) is 10.5 Å². The second-order valence-electron chi connectivity index (χ2n) is 5.31. The lowest BCUT2D eigenvalue weighted by atomic mass is 10.0. The van der Waals surface area contributed by atoms with Gasteiger partial charge in [0.15, 0.2) is 0 Å². The van der Waals surface area contributed by atoms with E-state index in [-0.39, 0.29) is 0 Å². The number of nitrogens with one attached hydrogen (secondary N) is 1. The molecule has 0 unspecified atom stereocenters. The predicted octanol–water partition coefficient (Wildman–Crippen LogP) is 5.77. The quantitative estimate of drug-likeness (QED) is 0.605. The van der Waals surface area contributed by atoms with E-state index in [4.69, 9.17) is 16.6 Å². The fourth-order valence-electron chi connectivity index (χ4n) is 2.55. The summed E-state index contributed by atoms with van der Waals surface area (Å²) in [6, 6.07) is 18.2. The van der Waals surface area contributed by atoms with Crippen LogP contribution in [-0.2, 0) is 0 Å². The topological polar surface area (TPSA) is 24.9 Å². The molecule has 2 aromatic carbocycles. The summed E-state index contributed by atoms with van der Waals surface area (Å²) in [6.45, 7) is 3.08. The van der Waals surface area contributed by atoms with Crippen molar-refractivity contribution in [1.29, 1.82) is 0 Å². The monoisotopic (exact) mass is 310 g/mol. The summed E-state index contributed by atoms with van der Waals surface area (Å²) < 4.78 is 0. The van der Waals surface area contributed by atoms with Crippen LogP contribution in [0.3, 0.4) is 0 Å². The second-order valence-corrected chi connectivity index (χ2v) is 5.69. The van der Waals surface area contributed by atoms with Gasteiger partial charge in [0, 0.05) is 17.5 Å². The van der Waals surface area contributed by atoms with Crippen molar-refractivity contribution in [3.05, 3.63) is 59.6 Å². The molecule has 0 fully saturated rings. The SMILES string of the molecule is CCCCNc1nc2ccccc2c(Cl)c1-c1ccccc1. The number of rotatable bonds is 5. The van der Waals surface area contributed by atoms with E-state index in [0.29, 0.717) is 0 Å². The van der Waals surface area contributed by atoms with Gasteiger partial charge < -0.3 is 5.32 Å². The summed E-state index contributed by atoms with van der Waals surface area (Å²) in [7, 11) is 0. The molecular formula is C19H19ClN2. The molecular weight excluding hydrogens is 292 g/mol. The van der Waals surface area contributed by atoms with Crippen LogP contribution >= 0.6 is 11.6 Å². The van der Waals surface area contributed by atoms with Crippen LogP contribution in [0.2, 0.25) is 5.02 Å². The standard InChI is InChI=1S/C19H19ClN2/c1-2-3-13-21-19-17(14-9-5-4-6-10-14)18(20)15-11-7-8-12-16(15)22-19/h4-12H,2-3,13H2,1H3,(H,21,22). The van der Waals surface area contributed by atoms with Gasteiger partial charge >= 0.3 is 0 Å². The van der Waals surface area contributed by atoms with Crippen molar-refractivity contribution in [3.8, 4) is 11.1 Å². The van der Waals surface area contributed by atoms with E-state index >= 15 is 0 Å². The molecule has 0 aliphatic heterocycles. The predicted molar refractivity (Wildman–Crippen MR) is 95.6 cm³/mol. The number of hydrogen-bond acceptors (Lipinski definition) is 2. The zero-order valence-corrected chi connectivity index (χ0v) is 13.4. The summed E-state index contributed by atoms with van der Waals surface area (Å²) in [6.07, 6.45) is 2.26. The zero-order chi connectivity index (χ0) is 15.4. The van der Waals surface area contributed by atoms with Crippen LogP contribution in [0.4, 0.5) is 5.82 Å². The second kappa shape index (κ2) is 6.80. The molecule has 112 valence electrons. The molecule has 1 heterocycles. The Labute approximate surface area is 136 Å². The molecule has 0 aliphatic carbocycles. The molecule has 3 aromatic rings. The fourth-order valence-corrected chi connectivity index (χ4v) is 2.91. The maximum Gasteiger partial charge on any atom is 0.136 e. The third-order valence-electron chi connectivity index (χ3n) is 3.71. The van der Waals surface area contributed by atoms with Gasteiger partial charge in [0.25, 0.3) is 0 Å². The van der Waals surface area contributed by atoms with Crippen LogP contribution in [-0.4, -0.2) is 11.5 Å². The minimum atomic E-state index is 0.760. The highest BCUT2D eigenvalue weighted by atomic mass is 35.5. The molecule has 22 heavy (non-hydrogen) atoms. The Morgan fingerprint density at radius 2 is 1.73 bits per heavy atom. The van der Waals surface area contributed by atoms with Crippen molar-refractivity contribution in [2.24, 2.45) is 0 Å². The van der Waals surface area contributed by atoms with E-state index in [9.17, 15) is 0 Å². The third kappa shape index (κ3) is 2.93. The van der Waals surface area contributed by atoms with Gasteiger partial charge in [-0.3, -0.25) is 0 Å². The maximum absolute atomic E-state index is 6.71. The van der Waals surface area contributed by atoms with E-state index in [1.807, 2.05) is 42.5 Å². The lowest BCUT2D eigenvalue weighted by Gasteiger charge is -2.15. The van der Waals surface area contributed by atoms with Crippen LogP contribution in [0, 0.1) is 0 Å². The Morgan fingerprint density at radius 3 is 2.50 bits per heavy atom. The lowest BCUT2D eigenvalue weighted by molar-refractivity contribution is 0.832. The van der Waals surface area contributed by atoms with E-state index in [1.165, 1.54) is 0 Å². The number of fused-ring (bicyclic) bond motifs is 1. The van der Waals surface area contributed by atoms with Crippen molar-refractivity contribution in [1.82, 2.24) is 4.98 Å². The largest absolute Gasteiger partial charge is 0.369 e. The highest BCUT2D eigenvalue weighted by molar-refractivity contribution is 6.38. The minimum Gasteiger partial charge on any atom is -0.369 e. The summed E-state index contributed by atoms with van der Waals surface area (Å²) in [5.41, 5.74) is 2.99. The molecule has 1 aromatic heterocycles. The molecule has 0 saturated heterocycles. The number of aromatic nitrogens is 1. The zero-order valence-electron chi connectivity index (χ0n) is 12.6. The molecule has 0 saturated carbocycles. The van der Waals surface area contributed by atoms with Gasteiger partial charge in [-0.25, -0.2) is 4.98 Å². The fraction of sp³-hybridized carbons (Fsp3) is 0.211. The first-order valence-corrected chi connectivity index (χ1v) is 8.06. The average molecular weight is 311 g/mol. The first kappa shape index (κ1) is 14.9. The molecule has 1 N–H and O–H groups in total. The number of para-hydroxylation sites is 1. The van der Waals surface area contributed by atoms with Gasteiger partial charge in [-0.2, -0.15) is 0 Å². The smallest absolute Gasteiger partial charge is 0.136 e. The molecule has 0 spiro atoms. The Balaban J connectivity index is 2.17. The summed E-state index contributed by atoms with van der Waals surface area (Å²) >= 11 is 6.71. The third-order valence-corrected chi connectivity index (χ3v) is 4.11. The maximum atomic E-state index is 6.71. The number of hydrogen-bond donors (Lipinski definition) is 1. The molecule has 0 bridgehead atoms. The van der Waals surface area contributed by atoms with Gasteiger partial charge in [-0.15, -0.1) is 0 Å². The lowest BCUT2D eigenvalue weighted by Crippen LogP contribution is -2.05. The van der Waals surface area contributed by atoms with E-state index in [0.717, 1.165) is 52.3 Å². The van der Waals surface area contributed by atoms with Crippen molar-refractivity contribution < 1.29 is 0 Å². The van der Waals surface area contributed by atoms with Crippen molar-refractivity contribution >= 4 is 28.3 Å². The Kier molecular flexibility index (Phi) is 4.59. The molecule has 3 heteroatoms. The highest BCUT2D eigenvalue weighted by Crippen LogP contribution is 2.38. The van der Waals surface area contributed by atoms with Crippen LogP contribution in [0.1, 0.15) is 19.8 Å². The van der Waals surface area contributed by atoms with E-state index in [1.54, 1.807) is 0 Å². The number of unbranched alkanes of at least 4 members (excludes halogenated alkanes) is 1.